The average molecular weight is 271 g/mol. The van der Waals surface area contributed by atoms with Gasteiger partial charge < -0.3 is 10.5 Å². The van der Waals surface area contributed by atoms with Crippen LogP contribution in [0.5, 0.6) is 5.75 Å². The summed E-state index contributed by atoms with van der Waals surface area (Å²) in [7, 11) is 0. The Labute approximate surface area is 115 Å². The van der Waals surface area contributed by atoms with Crippen LogP contribution >= 0.6 is 0 Å². The molecule has 4 nitrogen and oxygen atoms in total. The van der Waals surface area contributed by atoms with E-state index in [4.69, 9.17) is 10.5 Å². The Balaban J connectivity index is 2.14. The minimum atomic E-state index is -0.376. The molecule has 2 N–H and O–H groups in total. The SMILES string of the molecule is CCOc1ccc(-n2c(N)nc3c(F)cccc32)cc1. The van der Waals surface area contributed by atoms with Crippen LogP contribution in [0.1, 0.15) is 6.92 Å². The van der Waals surface area contributed by atoms with Crippen LogP contribution in [0.2, 0.25) is 0 Å². The molecule has 0 aliphatic rings. The first-order valence-corrected chi connectivity index (χ1v) is 6.36. The third kappa shape index (κ3) is 1.97. The molecule has 0 unspecified atom stereocenters. The van der Waals surface area contributed by atoms with Gasteiger partial charge in [0, 0.05) is 5.69 Å². The number of anilines is 1. The monoisotopic (exact) mass is 271 g/mol. The van der Waals surface area contributed by atoms with Gasteiger partial charge >= 0.3 is 0 Å². The standard InChI is InChI=1S/C15H14FN3O/c1-2-20-11-8-6-10(7-9-11)19-13-5-3-4-12(16)14(13)18-15(19)17/h3-9H,2H2,1H3,(H2,17,18). The number of imidazole rings is 1. The number of para-hydroxylation sites is 1. The highest BCUT2D eigenvalue weighted by atomic mass is 19.1. The number of nitrogens with two attached hydrogens (primary N) is 1. The number of hydrogen-bond acceptors (Lipinski definition) is 3. The lowest BCUT2D eigenvalue weighted by molar-refractivity contribution is 0.340. The van der Waals surface area contributed by atoms with E-state index >= 15 is 0 Å². The molecule has 0 aliphatic carbocycles. The fraction of sp³-hybridized carbons (Fsp3) is 0.133. The van der Waals surface area contributed by atoms with E-state index in [1.165, 1.54) is 6.07 Å². The van der Waals surface area contributed by atoms with E-state index in [0.29, 0.717) is 12.1 Å². The van der Waals surface area contributed by atoms with Crippen LogP contribution in [0.4, 0.5) is 10.3 Å². The second kappa shape index (κ2) is 4.85. The van der Waals surface area contributed by atoms with Gasteiger partial charge in [-0.15, -0.1) is 0 Å². The van der Waals surface area contributed by atoms with Crippen LogP contribution < -0.4 is 10.5 Å². The van der Waals surface area contributed by atoms with Gasteiger partial charge in [-0.2, -0.15) is 0 Å². The predicted molar refractivity (Wildman–Crippen MR) is 76.6 cm³/mol. The van der Waals surface area contributed by atoms with Crippen LogP contribution in [0.15, 0.2) is 42.5 Å². The maximum absolute atomic E-state index is 13.7. The average Bonchev–Trinajstić information content (AvgIpc) is 2.78. The second-order valence-electron chi connectivity index (χ2n) is 4.34. The number of ether oxygens (including phenoxy) is 1. The number of halogens is 1. The van der Waals surface area contributed by atoms with Crippen molar-refractivity contribution < 1.29 is 9.13 Å². The van der Waals surface area contributed by atoms with Gasteiger partial charge in [0.25, 0.3) is 0 Å². The minimum absolute atomic E-state index is 0.259. The van der Waals surface area contributed by atoms with Gasteiger partial charge in [0.2, 0.25) is 5.95 Å². The number of nitrogens with zero attached hydrogens (tertiary/aromatic N) is 2. The maximum Gasteiger partial charge on any atom is 0.206 e. The zero-order valence-electron chi connectivity index (χ0n) is 11.0. The number of rotatable bonds is 3. The van der Waals surface area contributed by atoms with Crippen molar-refractivity contribution in [2.24, 2.45) is 0 Å². The molecule has 5 heteroatoms. The lowest BCUT2D eigenvalue weighted by Gasteiger charge is -2.08. The van der Waals surface area contributed by atoms with Gasteiger partial charge in [0.1, 0.15) is 11.3 Å². The molecule has 0 atom stereocenters. The third-order valence-corrected chi connectivity index (χ3v) is 3.07. The van der Waals surface area contributed by atoms with E-state index in [0.717, 1.165) is 11.4 Å². The molecule has 2 aromatic carbocycles. The van der Waals surface area contributed by atoms with Crippen molar-refractivity contribution in [1.29, 1.82) is 0 Å². The molecule has 20 heavy (non-hydrogen) atoms. The summed E-state index contributed by atoms with van der Waals surface area (Å²) in [5, 5.41) is 0. The molecule has 0 bridgehead atoms. The van der Waals surface area contributed by atoms with E-state index in [9.17, 15) is 4.39 Å². The van der Waals surface area contributed by atoms with Gasteiger partial charge in [-0.25, -0.2) is 9.37 Å². The Kier molecular flexibility index (Phi) is 3.02. The highest BCUT2D eigenvalue weighted by Crippen LogP contribution is 2.25. The first-order chi connectivity index (χ1) is 9.70. The summed E-state index contributed by atoms with van der Waals surface area (Å²) in [6, 6.07) is 12.2. The first-order valence-electron chi connectivity index (χ1n) is 6.36. The summed E-state index contributed by atoms with van der Waals surface area (Å²) in [6.45, 7) is 2.54. The van der Waals surface area contributed by atoms with Gasteiger partial charge in [0.05, 0.1) is 12.1 Å². The molecule has 1 aromatic heterocycles. The molecule has 0 radical (unpaired) electrons. The van der Waals surface area contributed by atoms with Crippen LogP contribution in [0, 0.1) is 5.82 Å². The van der Waals surface area contributed by atoms with Crippen LogP contribution in [0.3, 0.4) is 0 Å². The molecule has 0 saturated carbocycles. The highest BCUT2D eigenvalue weighted by Gasteiger charge is 2.12. The zero-order valence-corrected chi connectivity index (χ0v) is 11.0. The van der Waals surface area contributed by atoms with Crippen molar-refractivity contribution in [2.75, 3.05) is 12.3 Å². The largest absolute Gasteiger partial charge is 0.494 e. The van der Waals surface area contributed by atoms with E-state index < -0.39 is 0 Å². The molecule has 102 valence electrons. The quantitative estimate of drug-likeness (QED) is 0.796. The molecular weight excluding hydrogens is 257 g/mol. The van der Waals surface area contributed by atoms with E-state index in [1.807, 2.05) is 31.2 Å². The molecular formula is C15H14FN3O. The first kappa shape index (κ1) is 12.5. The zero-order chi connectivity index (χ0) is 14.1. The Morgan fingerprint density at radius 1 is 1.20 bits per heavy atom. The fourth-order valence-corrected chi connectivity index (χ4v) is 2.21. The lowest BCUT2D eigenvalue weighted by Crippen LogP contribution is -2.00. The van der Waals surface area contributed by atoms with E-state index in [1.54, 1.807) is 16.7 Å². The Morgan fingerprint density at radius 3 is 2.65 bits per heavy atom. The Morgan fingerprint density at radius 2 is 1.95 bits per heavy atom. The summed E-state index contributed by atoms with van der Waals surface area (Å²) in [4.78, 5) is 4.08. The van der Waals surface area contributed by atoms with Crippen molar-refractivity contribution in [1.82, 2.24) is 9.55 Å². The number of hydrogen-bond donors (Lipinski definition) is 1. The Hall–Kier alpha value is -2.56. The highest BCUT2D eigenvalue weighted by molar-refractivity contribution is 5.81. The van der Waals surface area contributed by atoms with Crippen LogP contribution in [-0.2, 0) is 0 Å². The third-order valence-electron chi connectivity index (χ3n) is 3.07. The minimum Gasteiger partial charge on any atom is -0.494 e. The fourth-order valence-electron chi connectivity index (χ4n) is 2.21. The normalized spacial score (nSPS) is 10.9. The van der Waals surface area contributed by atoms with Crippen molar-refractivity contribution in [3.8, 4) is 11.4 Å². The summed E-state index contributed by atoms with van der Waals surface area (Å²) in [5.41, 5.74) is 7.65. The van der Waals surface area contributed by atoms with Crippen molar-refractivity contribution in [3.05, 3.63) is 48.3 Å². The molecule has 0 spiro atoms. The number of fused-ring (bicyclic) bond motifs is 1. The van der Waals surface area contributed by atoms with Crippen molar-refractivity contribution >= 4 is 17.0 Å². The second-order valence-corrected chi connectivity index (χ2v) is 4.34. The van der Waals surface area contributed by atoms with Crippen molar-refractivity contribution in [3.63, 3.8) is 0 Å². The maximum atomic E-state index is 13.7. The Bertz CT molecular complexity index is 750. The molecule has 3 aromatic rings. The molecule has 0 amide bonds. The van der Waals surface area contributed by atoms with Gasteiger partial charge in [-0.3, -0.25) is 4.57 Å². The summed E-state index contributed by atoms with van der Waals surface area (Å²) >= 11 is 0. The van der Waals surface area contributed by atoms with Gasteiger partial charge in [-0.1, -0.05) is 6.07 Å². The number of benzene rings is 2. The van der Waals surface area contributed by atoms with Crippen molar-refractivity contribution in [2.45, 2.75) is 6.92 Å². The molecule has 1 heterocycles. The number of aromatic nitrogens is 2. The molecule has 3 rings (SSSR count). The molecule has 0 aliphatic heterocycles. The summed E-state index contributed by atoms with van der Waals surface area (Å²) < 4.78 is 20.8. The van der Waals surface area contributed by atoms with Crippen LogP contribution in [0.25, 0.3) is 16.7 Å². The number of nitrogen functional groups attached to an aromatic ring is 1. The summed E-state index contributed by atoms with van der Waals surface area (Å²) in [6.07, 6.45) is 0. The molecule has 0 saturated heterocycles. The van der Waals surface area contributed by atoms with E-state index in [2.05, 4.69) is 4.98 Å². The topological polar surface area (TPSA) is 53.1 Å². The van der Waals surface area contributed by atoms with Gasteiger partial charge in [-0.05, 0) is 43.3 Å². The summed E-state index contributed by atoms with van der Waals surface area (Å²) in [5.74, 6) is 0.665. The predicted octanol–water partition coefficient (Wildman–Crippen LogP) is 3.15. The van der Waals surface area contributed by atoms with Crippen LogP contribution in [-0.4, -0.2) is 16.2 Å². The molecule has 0 fully saturated rings. The lowest BCUT2D eigenvalue weighted by atomic mass is 10.2. The smallest absolute Gasteiger partial charge is 0.206 e. The van der Waals surface area contributed by atoms with E-state index in [-0.39, 0.29) is 17.3 Å². The van der Waals surface area contributed by atoms with Gasteiger partial charge in [0.15, 0.2) is 5.82 Å².